The quantitative estimate of drug-likeness (QED) is 0.505. The molecule has 10 heteroatoms. The number of nitrogen functional groups attached to an aromatic ring is 1. The second-order valence-corrected chi connectivity index (χ2v) is 3.84. The summed E-state index contributed by atoms with van der Waals surface area (Å²) < 4.78 is 18.8. The molecule has 104 valence electrons. The molecule has 1 heterocycles. The minimum atomic E-state index is -0.857. The maximum Gasteiger partial charge on any atom is 0.374 e. The van der Waals surface area contributed by atoms with Crippen LogP contribution in [0.1, 0.15) is 0 Å². The minimum absolute atomic E-state index is 0.184. The second kappa shape index (κ2) is 5.63. The minimum Gasteiger partial charge on any atom is -0.430 e. The molecular formula is C10H7ClFN5O3. The van der Waals surface area contributed by atoms with E-state index in [2.05, 4.69) is 9.97 Å². The molecule has 8 nitrogen and oxygen atoms in total. The predicted molar refractivity (Wildman–Crippen MR) is 68.0 cm³/mol. The number of nitrogens with two attached hydrogens (primary N) is 1. The Kier molecular flexibility index (Phi) is 3.91. The van der Waals surface area contributed by atoms with Gasteiger partial charge >= 0.3 is 11.6 Å². The smallest absolute Gasteiger partial charge is 0.374 e. The lowest BCUT2D eigenvalue weighted by Gasteiger charge is -2.08. The van der Waals surface area contributed by atoms with Crippen LogP contribution in [0.5, 0.6) is 11.6 Å². The van der Waals surface area contributed by atoms with Gasteiger partial charge in [-0.15, -0.1) is 0 Å². The third-order valence-electron chi connectivity index (χ3n) is 2.23. The molecule has 0 unspecified atom stereocenters. The Balaban J connectivity index is 2.48. The van der Waals surface area contributed by atoms with E-state index in [1.165, 1.54) is 18.2 Å². The molecule has 0 aliphatic heterocycles. The van der Waals surface area contributed by atoms with Crippen LogP contribution in [0.25, 0.3) is 0 Å². The van der Waals surface area contributed by atoms with Gasteiger partial charge in [0.25, 0.3) is 0 Å². The maximum atomic E-state index is 13.7. The molecule has 0 saturated heterocycles. The number of hydrogen-bond donors (Lipinski definition) is 2. The lowest BCUT2D eigenvalue weighted by Crippen LogP contribution is -2.12. The average Bonchev–Trinajstić information content (AvgIpc) is 2.43. The summed E-state index contributed by atoms with van der Waals surface area (Å²) in [5.74, 6) is 3.23. The van der Waals surface area contributed by atoms with E-state index >= 15 is 0 Å². The number of halogens is 2. The summed E-state index contributed by atoms with van der Waals surface area (Å²) in [6.45, 7) is 0. The molecule has 0 fully saturated rings. The summed E-state index contributed by atoms with van der Waals surface area (Å²) in [5, 5.41) is 10.8. The van der Waals surface area contributed by atoms with E-state index < -0.39 is 22.3 Å². The van der Waals surface area contributed by atoms with E-state index in [9.17, 15) is 14.5 Å². The van der Waals surface area contributed by atoms with Gasteiger partial charge in [0.15, 0.2) is 11.6 Å². The Morgan fingerprint density at radius 2 is 2.20 bits per heavy atom. The van der Waals surface area contributed by atoms with Crippen molar-refractivity contribution in [3.05, 3.63) is 45.5 Å². The number of hydrazine groups is 1. The fraction of sp³-hybridized carbons (Fsp3) is 0. The largest absolute Gasteiger partial charge is 0.430 e. The fourth-order valence-corrected chi connectivity index (χ4v) is 1.54. The maximum absolute atomic E-state index is 13.7. The molecule has 0 amide bonds. The van der Waals surface area contributed by atoms with Crippen molar-refractivity contribution >= 4 is 23.1 Å². The number of nitrogens with zero attached hydrogens (tertiary/aromatic N) is 3. The lowest BCUT2D eigenvalue weighted by atomic mass is 10.3. The molecule has 1 aromatic carbocycles. The third-order valence-corrected chi connectivity index (χ3v) is 2.52. The van der Waals surface area contributed by atoms with Crippen LogP contribution in [0.4, 0.5) is 15.9 Å². The number of rotatable bonds is 4. The van der Waals surface area contributed by atoms with E-state index in [0.29, 0.717) is 0 Å². The number of aromatic nitrogens is 2. The summed E-state index contributed by atoms with van der Waals surface area (Å²) in [6, 6.07) is 3.99. The standard InChI is InChI=1S/C10H7ClFN5O3/c11-5-2-1-3-6(7(5)12)20-10-8(17(18)19)9(16-13)14-4-15-10/h1-4H,13H2,(H,14,15,16). The molecule has 20 heavy (non-hydrogen) atoms. The highest BCUT2D eigenvalue weighted by molar-refractivity contribution is 6.30. The van der Waals surface area contributed by atoms with Gasteiger partial charge in [-0.2, -0.15) is 4.98 Å². The van der Waals surface area contributed by atoms with Crippen LogP contribution in [0.15, 0.2) is 24.5 Å². The highest BCUT2D eigenvalue weighted by atomic mass is 35.5. The van der Waals surface area contributed by atoms with Crippen LogP contribution >= 0.6 is 11.6 Å². The Morgan fingerprint density at radius 1 is 1.45 bits per heavy atom. The van der Waals surface area contributed by atoms with Gasteiger partial charge in [0.05, 0.1) is 9.95 Å². The molecule has 0 aliphatic rings. The van der Waals surface area contributed by atoms with Gasteiger partial charge in [0.1, 0.15) is 6.33 Å². The second-order valence-electron chi connectivity index (χ2n) is 3.43. The van der Waals surface area contributed by atoms with Gasteiger partial charge < -0.3 is 10.2 Å². The van der Waals surface area contributed by atoms with Crippen molar-refractivity contribution in [2.75, 3.05) is 5.43 Å². The Bertz CT molecular complexity index is 669. The lowest BCUT2D eigenvalue weighted by molar-refractivity contribution is -0.385. The number of nitro groups is 1. The molecule has 0 aliphatic carbocycles. The van der Waals surface area contributed by atoms with Gasteiger partial charge in [-0.1, -0.05) is 17.7 Å². The number of hydrogen-bond acceptors (Lipinski definition) is 7. The SMILES string of the molecule is NNc1ncnc(Oc2cccc(Cl)c2F)c1[N+](=O)[O-]. The van der Waals surface area contributed by atoms with Crippen LogP contribution in [-0.4, -0.2) is 14.9 Å². The first-order valence-electron chi connectivity index (χ1n) is 5.12. The van der Waals surface area contributed by atoms with Crippen LogP contribution < -0.4 is 16.0 Å². The van der Waals surface area contributed by atoms with E-state index in [1.807, 2.05) is 5.43 Å². The summed E-state index contributed by atoms with van der Waals surface area (Å²) in [7, 11) is 0. The first kappa shape index (κ1) is 13.9. The van der Waals surface area contributed by atoms with Crippen molar-refractivity contribution < 1.29 is 14.1 Å². The zero-order chi connectivity index (χ0) is 14.7. The van der Waals surface area contributed by atoms with Crippen molar-refractivity contribution in [1.82, 2.24) is 9.97 Å². The monoisotopic (exact) mass is 299 g/mol. The molecule has 0 saturated carbocycles. The summed E-state index contributed by atoms with van der Waals surface area (Å²) >= 11 is 5.59. The first-order chi connectivity index (χ1) is 9.54. The fourth-order valence-electron chi connectivity index (χ4n) is 1.37. The van der Waals surface area contributed by atoms with Crippen molar-refractivity contribution in [2.45, 2.75) is 0 Å². The Morgan fingerprint density at radius 3 is 2.85 bits per heavy atom. The van der Waals surface area contributed by atoms with E-state index in [0.717, 1.165) is 6.33 Å². The Hall–Kier alpha value is -2.52. The number of nitrogens with one attached hydrogen (secondary N) is 1. The van der Waals surface area contributed by atoms with Crippen LogP contribution in [0, 0.1) is 15.9 Å². The van der Waals surface area contributed by atoms with Gasteiger partial charge in [0, 0.05) is 0 Å². The molecule has 0 atom stereocenters. The number of anilines is 1. The van der Waals surface area contributed by atoms with E-state index in [1.54, 1.807) is 0 Å². The molecule has 1 aromatic heterocycles. The van der Waals surface area contributed by atoms with Gasteiger partial charge in [-0.05, 0) is 12.1 Å². The molecule has 3 N–H and O–H groups in total. The van der Waals surface area contributed by atoms with Crippen LogP contribution in [0.2, 0.25) is 5.02 Å². The molecule has 0 spiro atoms. The summed E-state index contributed by atoms with van der Waals surface area (Å²) in [6.07, 6.45) is 0.986. The van der Waals surface area contributed by atoms with Gasteiger partial charge in [-0.3, -0.25) is 10.1 Å². The molecule has 2 aromatic rings. The molecule has 2 rings (SSSR count). The van der Waals surface area contributed by atoms with Gasteiger partial charge in [-0.25, -0.2) is 15.2 Å². The first-order valence-corrected chi connectivity index (χ1v) is 5.50. The van der Waals surface area contributed by atoms with Crippen LogP contribution in [0.3, 0.4) is 0 Å². The van der Waals surface area contributed by atoms with Crippen molar-refractivity contribution in [1.29, 1.82) is 0 Å². The van der Waals surface area contributed by atoms with Crippen molar-refractivity contribution in [3.8, 4) is 11.6 Å². The molecule has 0 bridgehead atoms. The van der Waals surface area contributed by atoms with Gasteiger partial charge in [0.2, 0.25) is 5.82 Å². The zero-order valence-corrected chi connectivity index (χ0v) is 10.5. The zero-order valence-electron chi connectivity index (χ0n) is 9.71. The Labute approximate surface area is 116 Å². The third kappa shape index (κ3) is 2.58. The normalized spacial score (nSPS) is 10.2. The molecule has 0 radical (unpaired) electrons. The summed E-state index contributed by atoms with van der Waals surface area (Å²) in [5.41, 5.74) is 1.42. The summed E-state index contributed by atoms with van der Waals surface area (Å²) in [4.78, 5) is 17.3. The highest BCUT2D eigenvalue weighted by Gasteiger charge is 2.25. The predicted octanol–water partition coefficient (Wildman–Crippen LogP) is 2.26. The van der Waals surface area contributed by atoms with Crippen molar-refractivity contribution in [2.24, 2.45) is 5.84 Å². The number of ether oxygens (including phenoxy) is 1. The van der Waals surface area contributed by atoms with Crippen molar-refractivity contribution in [3.63, 3.8) is 0 Å². The number of benzene rings is 1. The van der Waals surface area contributed by atoms with Crippen LogP contribution in [-0.2, 0) is 0 Å². The van der Waals surface area contributed by atoms with E-state index in [-0.39, 0.29) is 16.6 Å². The average molecular weight is 300 g/mol. The topological polar surface area (TPSA) is 116 Å². The van der Waals surface area contributed by atoms with E-state index in [4.69, 9.17) is 22.2 Å². The molecular weight excluding hydrogens is 293 g/mol. The highest BCUT2D eigenvalue weighted by Crippen LogP contribution is 2.35.